The molecule has 8 nitrogen and oxygen atoms in total. The molecule has 1 saturated heterocycles. The Kier molecular flexibility index (Phi) is 5.86. The number of piperazine rings is 1. The van der Waals surface area contributed by atoms with Gasteiger partial charge in [-0.2, -0.15) is 0 Å². The Balaban J connectivity index is 1.41. The lowest BCUT2D eigenvalue weighted by Crippen LogP contribution is -2.51. The molecule has 2 aliphatic heterocycles. The molecule has 0 saturated carbocycles. The lowest BCUT2D eigenvalue weighted by Gasteiger charge is -2.40. The minimum Gasteiger partial charge on any atom is -0.367 e. The highest BCUT2D eigenvalue weighted by Crippen LogP contribution is 2.35. The molecule has 4 heterocycles. The van der Waals surface area contributed by atoms with E-state index in [0.29, 0.717) is 28.4 Å². The number of nitrogens with zero attached hydrogens (tertiary/aromatic N) is 5. The summed E-state index contributed by atoms with van der Waals surface area (Å²) in [7, 11) is 0. The Morgan fingerprint density at radius 3 is 2.91 bits per heavy atom. The lowest BCUT2D eigenvalue weighted by atomic mass is 10.1. The molecule has 2 aliphatic rings. The van der Waals surface area contributed by atoms with Crippen LogP contribution in [-0.2, 0) is 11.2 Å². The zero-order chi connectivity index (χ0) is 22.9. The van der Waals surface area contributed by atoms with Gasteiger partial charge in [-0.25, -0.2) is 9.97 Å². The largest absolute Gasteiger partial charge is 0.367 e. The Bertz CT molecular complexity index is 1200. The van der Waals surface area contributed by atoms with Gasteiger partial charge in [0.15, 0.2) is 0 Å². The maximum absolute atomic E-state index is 12.3. The SMILES string of the molecule is CCN1CCN(c2cncc(Nc3ncc4c(n3)-c3ccc(Cl)cc3NC(=O)C4)c2)C[C@@H]1C. The summed E-state index contributed by atoms with van der Waals surface area (Å²) < 4.78 is 0. The van der Waals surface area contributed by atoms with Gasteiger partial charge in [0.05, 0.1) is 41.6 Å². The van der Waals surface area contributed by atoms with Crippen molar-refractivity contribution in [3.63, 3.8) is 0 Å². The fourth-order valence-electron chi connectivity index (χ4n) is 4.52. The van der Waals surface area contributed by atoms with Gasteiger partial charge in [-0.3, -0.25) is 14.7 Å². The quantitative estimate of drug-likeness (QED) is 0.605. The second kappa shape index (κ2) is 8.96. The molecule has 5 rings (SSSR count). The highest BCUT2D eigenvalue weighted by Gasteiger charge is 2.24. The molecule has 0 spiro atoms. The van der Waals surface area contributed by atoms with E-state index in [4.69, 9.17) is 16.6 Å². The van der Waals surface area contributed by atoms with E-state index < -0.39 is 0 Å². The van der Waals surface area contributed by atoms with Crippen molar-refractivity contribution in [2.24, 2.45) is 0 Å². The molecule has 1 fully saturated rings. The van der Waals surface area contributed by atoms with E-state index in [2.05, 4.69) is 50.3 Å². The minimum absolute atomic E-state index is 0.115. The number of anilines is 4. The summed E-state index contributed by atoms with van der Waals surface area (Å²) in [4.78, 5) is 30.8. The van der Waals surface area contributed by atoms with E-state index in [1.807, 2.05) is 12.3 Å². The molecule has 3 aromatic rings. The van der Waals surface area contributed by atoms with Crippen molar-refractivity contribution in [1.82, 2.24) is 19.9 Å². The number of fused-ring (bicyclic) bond motifs is 3. The van der Waals surface area contributed by atoms with Crippen LogP contribution in [0.1, 0.15) is 19.4 Å². The molecular formula is C24H26ClN7O. The fraction of sp³-hybridized carbons (Fsp3) is 0.333. The van der Waals surface area contributed by atoms with Gasteiger partial charge in [-0.1, -0.05) is 18.5 Å². The van der Waals surface area contributed by atoms with Crippen LogP contribution in [0.3, 0.4) is 0 Å². The Morgan fingerprint density at radius 2 is 2.09 bits per heavy atom. The van der Waals surface area contributed by atoms with E-state index in [0.717, 1.165) is 48.7 Å². The monoisotopic (exact) mass is 463 g/mol. The van der Waals surface area contributed by atoms with Crippen molar-refractivity contribution in [1.29, 1.82) is 0 Å². The van der Waals surface area contributed by atoms with E-state index >= 15 is 0 Å². The Labute approximate surface area is 198 Å². The molecule has 0 radical (unpaired) electrons. The number of carbonyl (C=O) groups is 1. The first-order valence-electron chi connectivity index (χ1n) is 11.2. The molecule has 0 bridgehead atoms. The molecule has 1 aromatic carbocycles. The molecule has 33 heavy (non-hydrogen) atoms. The smallest absolute Gasteiger partial charge is 0.228 e. The van der Waals surface area contributed by atoms with Crippen LogP contribution in [0.2, 0.25) is 5.02 Å². The van der Waals surface area contributed by atoms with Gasteiger partial charge in [-0.15, -0.1) is 0 Å². The summed E-state index contributed by atoms with van der Waals surface area (Å²) in [5, 5.41) is 6.75. The maximum Gasteiger partial charge on any atom is 0.228 e. The third kappa shape index (κ3) is 4.49. The number of benzene rings is 1. The van der Waals surface area contributed by atoms with Gasteiger partial charge < -0.3 is 15.5 Å². The molecule has 1 atom stereocenters. The average molecular weight is 464 g/mol. The zero-order valence-electron chi connectivity index (χ0n) is 18.7. The number of nitrogens with one attached hydrogen (secondary N) is 2. The highest BCUT2D eigenvalue weighted by molar-refractivity contribution is 6.31. The van der Waals surface area contributed by atoms with Crippen molar-refractivity contribution in [2.75, 3.05) is 41.7 Å². The van der Waals surface area contributed by atoms with Crippen LogP contribution in [0.4, 0.5) is 23.0 Å². The number of carbonyl (C=O) groups excluding carboxylic acids is 1. The first-order chi connectivity index (χ1) is 16.0. The number of likely N-dealkylation sites (N-methyl/N-ethyl adjacent to an activating group) is 1. The summed E-state index contributed by atoms with van der Waals surface area (Å²) in [5.74, 6) is 0.336. The number of amides is 1. The van der Waals surface area contributed by atoms with E-state index in [1.54, 1.807) is 24.5 Å². The number of rotatable bonds is 4. The predicted octanol–water partition coefficient (Wildman–Crippen LogP) is 3.96. The number of halogens is 1. The molecular weight excluding hydrogens is 438 g/mol. The summed E-state index contributed by atoms with van der Waals surface area (Å²) >= 11 is 6.14. The topological polar surface area (TPSA) is 86.3 Å². The van der Waals surface area contributed by atoms with Crippen molar-refractivity contribution in [3.05, 3.63) is 53.4 Å². The third-order valence-electron chi connectivity index (χ3n) is 6.24. The van der Waals surface area contributed by atoms with Gasteiger partial charge in [0.1, 0.15) is 0 Å². The van der Waals surface area contributed by atoms with Crippen LogP contribution in [0.5, 0.6) is 0 Å². The number of hydrogen-bond donors (Lipinski definition) is 2. The fourth-order valence-corrected chi connectivity index (χ4v) is 4.69. The van der Waals surface area contributed by atoms with E-state index in [-0.39, 0.29) is 12.3 Å². The van der Waals surface area contributed by atoms with Crippen LogP contribution in [0.15, 0.2) is 42.9 Å². The van der Waals surface area contributed by atoms with Crippen molar-refractivity contribution in [2.45, 2.75) is 26.3 Å². The van der Waals surface area contributed by atoms with E-state index in [9.17, 15) is 4.79 Å². The minimum atomic E-state index is -0.115. The second-order valence-electron chi connectivity index (χ2n) is 8.46. The highest BCUT2D eigenvalue weighted by atomic mass is 35.5. The third-order valence-corrected chi connectivity index (χ3v) is 6.48. The second-order valence-corrected chi connectivity index (χ2v) is 8.90. The van der Waals surface area contributed by atoms with Gasteiger partial charge in [-0.05, 0) is 37.7 Å². The number of aromatic nitrogens is 3. The summed E-state index contributed by atoms with van der Waals surface area (Å²) in [6.07, 6.45) is 5.58. The summed E-state index contributed by atoms with van der Waals surface area (Å²) in [6, 6.07) is 7.99. The normalized spacial score (nSPS) is 18.2. The molecule has 2 N–H and O–H groups in total. The molecule has 0 aliphatic carbocycles. The van der Waals surface area contributed by atoms with Crippen LogP contribution in [-0.4, -0.2) is 58.0 Å². The van der Waals surface area contributed by atoms with Crippen molar-refractivity contribution < 1.29 is 4.79 Å². The molecule has 170 valence electrons. The lowest BCUT2D eigenvalue weighted by molar-refractivity contribution is -0.115. The number of hydrogen-bond acceptors (Lipinski definition) is 7. The standard InChI is InChI=1S/C24H26ClN7O/c1-3-31-6-7-32(14-15(31)2)19-10-18(12-26-13-19)28-24-27-11-16-8-22(33)29-21-9-17(25)4-5-20(21)23(16)30-24/h4-5,9-13,15H,3,6-8,14H2,1-2H3,(H,29,33)(H,27,28,30)/t15-/m0/s1. The van der Waals surface area contributed by atoms with E-state index in [1.165, 1.54) is 0 Å². The summed E-state index contributed by atoms with van der Waals surface area (Å²) in [5.41, 5.74) is 4.85. The first-order valence-corrected chi connectivity index (χ1v) is 11.5. The zero-order valence-corrected chi connectivity index (χ0v) is 19.4. The van der Waals surface area contributed by atoms with Crippen molar-refractivity contribution >= 4 is 40.5 Å². The average Bonchev–Trinajstić information content (AvgIpc) is 2.93. The molecule has 0 unspecified atom stereocenters. The Morgan fingerprint density at radius 1 is 1.21 bits per heavy atom. The molecule has 9 heteroatoms. The maximum atomic E-state index is 12.3. The predicted molar refractivity (Wildman–Crippen MR) is 131 cm³/mol. The van der Waals surface area contributed by atoms with Gasteiger partial charge in [0, 0.05) is 48.0 Å². The Hall–Kier alpha value is -3.23. The van der Waals surface area contributed by atoms with Gasteiger partial charge >= 0.3 is 0 Å². The van der Waals surface area contributed by atoms with Crippen LogP contribution in [0.25, 0.3) is 11.3 Å². The van der Waals surface area contributed by atoms with Crippen LogP contribution < -0.4 is 15.5 Å². The van der Waals surface area contributed by atoms with Gasteiger partial charge in [0.2, 0.25) is 11.9 Å². The molecule has 1 amide bonds. The van der Waals surface area contributed by atoms with Crippen LogP contribution in [0, 0.1) is 0 Å². The summed E-state index contributed by atoms with van der Waals surface area (Å²) in [6.45, 7) is 8.52. The van der Waals surface area contributed by atoms with Crippen molar-refractivity contribution in [3.8, 4) is 11.3 Å². The van der Waals surface area contributed by atoms with Crippen LogP contribution >= 0.6 is 11.6 Å². The van der Waals surface area contributed by atoms with Gasteiger partial charge in [0.25, 0.3) is 0 Å². The number of pyridine rings is 1. The first kappa shape index (κ1) is 21.6. The molecule has 2 aromatic heterocycles.